The fourth-order valence-corrected chi connectivity index (χ4v) is 2.38. The van der Waals surface area contributed by atoms with Gasteiger partial charge in [0.1, 0.15) is 5.76 Å². The summed E-state index contributed by atoms with van der Waals surface area (Å²) in [4.78, 5) is 13.5. The van der Waals surface area contributed by atoms with Gasteiger partial charge in [0.15, 0.2) is 5.76 Å². The lowest BCUT2D eigenvalue weighted by molar-refractivity contribution is 0.0921. The summed E-state index contributed by atoms with van der Waals surface area (Å²) in [7, 11) is 2.10. The van der Waals surface area contributed by atoms with E-state index >= 15 is 0 Å². The van der Waals surface area contributed by atoms with Gasteiger partial charge in [0.2, 0.25) is 0 Å². The maximum absolute atomic E-state index is 11.2. The normalized spacial score (nSPS) is 16.6. The van der Waals surface area contributed by atoms with Gasteiger partial charge in [-0.2, -0.15) is 0 Å². The zero-order chi connectivity index (χ0) is 12.3. The van der Waals surface area contributed by atoms with Gasteiger partial charge in [-0.1, -0.05) is 12.8 Å². The SMILES string of the molecule is CN(Cc1ccc(C(=O)NN)o1)C1CCCC1. The summed E-state index contributed by atoms with van der Waals surface area (Å²) in [5, 5.41) is 0. The van der Waals surface area contributed by atoms with E-state index in [1.807, 2.05) is 6.07 Å². The molecule has 2 rings (SSSR count). The molecule has 1 fully saturated rings. The molecule has 1 amide bonds. The molecule has 0 atom stereocenters. The molecular weight excluding hydrogens is 218 g/mol. The third kappa shape index (κ3) is 2.87. The van der Waals surface area contributed by atoms with Crippen LogP contribution in [0.3, 0.4) is 0 Å². The van der Waals surface area contributed by atoms with E-state index in [1.165, 1.54) is 25.7 Å². The highest BCUT2D eigenvalue weighted by atomic mass is 16.4. The third-order valence-corrected chi connectivity index (χ3v) is 3.37. The minimum atomic E-state index is -0.389. The molecule has 5 nitrogen and oxygen atoms in total. The molecule has 3 N–H and O–H groups in total. The molecule has 1 saturated carbocycles. The van der Waals surface area contributed by atoms with E-state index in [-0.39, 0.29) is 11.7 Å². The van der Waals surface area contributed by atoms with Crippen LogP contribution in [0, 0.1) is 0 Å². The zero-order valence-electron chi connectivity index (χ0n) is 10.1. The molecule has 17 heavy (non-hydrogen) atoms. The number of nitrogens with one attached hydrogen (secondary N) is 1. The summed E-state index contributed by atoms with van der Waals surface area (Å²) in [6.45, 7) is 0.739. The monoisotopic (exact) mass is 237 g/mol. The van der Waals surface area contributed by atoms with Crippen LogP contribution in [-0.4, -0.2) is 23.9 Å². The molecule has 1 aliphatic rings. The minimum Gasteiger partial charge on any atom is -0.455 e. The number of carbonyl (C=O) groups is 1. The van der Waals surface area contributed by atoms with Crippen LogP contribution in [0.25, 0.3) is 0 Å². The van der Waals surface area contributed by atoms with Gasteiger partial charge in [0, 0.05) is 6.04 Å². The molecule has 0 unspecified atom stereocenters. The second kappa shape index (κ2) is 5.33. The van der Waals surface area contributed by atoms with E-state index in [0.717, 1.165) is 12.3 Å². The predicted molar refractivity (Wildman–Crippen MR) is 64.1 cm³/mol. The fourth-order valence-electron chi connectivity index (χ4n) is 2.38. The highest BCUT2D eigenvalue weighted by Gasteiger charge is 2.20. The second-order valence-corrected chi connectivity index (χ2v) is 4.59. The Labute approximate surface area is 101 Å². The van der Waals surface area contributed by atoms with Crippen LogP contribution in [0.1, 0.15) is 42.0 Å². The van der Waals surface area contributed by atoms with Gasteiger partial charge in [-0.15, -0.1) is 0 Å². The molecule has 0 aromatic carbocycles. The average molecular weight is 237 g/mol. The first-order valence-corrected chi connectivity index (χ1v) is 6.00. The summed E-state index contributed by atoms with van der Waals surface area (Å²) in [5.41, 5.74) is 2.06. The number of amides is 1. The Morgan fingerprint density at radius 2 is 2.24 bits per heavy atom. The second-order valence-electron chi connectivity index (χ2n) is 4.59. The van der Waals surface area contributed by atoms with Gasteiger partial charge in [-0.25, -0.2) is 5.84 Å². The van der Waals surface area contributed by atoms with E-state index < -0.39 is 0 Å². The van der Waals surface area contributed by atoms with Crippen LogP contribution in [-0.2, 0) is 6.54 Å². The molecule has 94 valence electrons. The number of hydrogen-bond donors (Lipinski definition) is 2. The summed E-state index contributed by atoms with van der Waals surface area (Å²) in [6.07, 6.45) is 5.14. The topological polar surface area (TPSA) is 71.5 Å². The first-order chi connectivity index (χ1) is 8.20. The van der Waals surface area contributed by atoms with E-state index in [0.29, 0.717) is 6.04 Å². The lowest BCUT2D eigenvalue weighted by Gasteiger charge is -2.22. The number of carbonyl (C=O) groups excluding carboxylic acids is 1. The van der Waals surface area contributed by atoms with Gasteiger partial charge in [-0.3, -0.25) is 15.1 Å². The maximum atomic E-state index is 11.2. The van der Waals surface area contributed by atoms with Crippen molar-refractivity contribution in [2.45, 2.75) is 38.3 Å². The third-order valence-electron chi connectivity index (χ3n) is 3.37. The van der Waals surface area contributed by atoms with Crippen molar-refractivity contribution in [1.82, 2.24) is 10.3 Å². The fraction of sp³-hybridized carbons (Fsp3) is 0.583. The lowest BCUT2D eigenvalue weighted by Crippen LogP contribution is -2.29. The first kappa shape index (κ1) is 12.1. The summed E-state index contributed by atoms with van der Waals surface area (Å²) >= 11 is 0. The predicted octanol–water partition coefficient (Wildman–Crippen LogP) is 1.26. The minimum absolute atomic E-state index is 0.266. The number of hydrazine groups is 1. The van der Waals surface area contributed by atoms with Gasteiger partial charge >= 0.3 is 5.91 Å². The van der Waals surface area contributed by atoms with Crippen molar-refractivity contribution in [1.29, 1.82) is 0 Å². The van der Waals surface area contributed by atoms with Crippen molar-refractivity contribution in [3.8, 4) is 0 Å². The van der Waals surface area contributed by atoms with Crippen LogP contribution < -0.4 is 11.3 Å². The molecule has 1 heterocycles. The number of nitrogen functional groups attached to an aromatic ring is 1. The Bertz CT molecular complexity index is 383. The van der Waals surface area contributed by atoms with Crippen molar-refractivity contribution < 1.29 is 9.21 Å². The number of furan rings is 1. The lowest BCUT2D eigenvalue weighted by atomic mass is 10.2. The quantitative estimate of drug-likeness (QED) is 0.470. The Morgan fingerprint density at radius 3 is 2.88 bits per heavy atom. The smallest absolute Gasteiger partial charge is 0.300 e. The summed E-state index contributed by atoms with van der Waals surface area (Å²) in [5.74, 6) is 5.72. The largest absolute Gasteiger partial charge is 0.455 e. The molecular formula is C12H19N3O2. The van der Waals surface area contributed by atoms with Crippen LogP contribution in [0.5, 0.6) is 0 Å². The Kier molecular flexibility index (Phi) is 3.81. The van der Waals surface area contributed by atoms with E-state index in [2.05, 4.69) is 17.4 Å². The Morgan fingerprint density at radius 1 is 1.53 bits per heavy atom. The van der Waals surface area contributed by atoms with Crippen molar-refractivity contribution in [3.05, 3.63) is 23.7 Å². The number of rotatable bonds is 4. The van der Waals surface area contributed by atoms with E-state index in [4.69, 9.17) is 10.3 Å². The first-order valence-electron chi connectivity index (χ1n) is 6.00. The van der Waals surface area contributed by atoms with Crippen LogP contribution in [0.2, 0.25) is 0 Å². The molecule has 1 aliphatic carbocycles. The summed E-state index contributed by atoms with van der Waals surface area (Å²) < 4.78 is 5.43. The number of nitrogens with zero attached hydrogens (tertiary/aromatic N) is 1. The standard InChI is InChI=1S/C12H19N3O2/c1-15(9-4-2-3-5-9)8-10-6-7-11(17-10)12(16)14-13/h6-7,9H,2-5,8,13H2,1H3,(H,14,16). The number of nitrogens with two attached hydrogens (primary N) is 1. The van der Waals surface area contributed by atoms with Crippen molar-refractivity contribution in [2.75, 3.05) is 7.05 Å². The van der Waals surface area contributed by atoms with E-state index in [9.17, 15) is 4.79 Å². The van der Waals surface area contributed by atoms with E-state index in [1.54, 1.807) is 6.07 Å². The molecule has 0 aliphatic heterocycles. The molecule has 1 aromatic heterocycles. The Balaban J connectivity index is 1.94. The number of hydrogen-bond acceptors (Lipinski definition) is 4. The molecule has 1 aromatic rings. The van der Waals surface area contributed by atoms with Gasteiger partial charge in [0.25, 0.3) is 0 Å². The zero-order valence-corrected chi connectivity index (χ0v) is 10.1. The van der Waals surface area contributed by atoms with Crippen LogP contribution in [0.4, 0.5) is 0 Å². The van der Waals surface area contributed by atoms with Gasteiger partial charge in [-0.05, 0) is 32.0 Å². The van der Waals surface area contributed by atoms with Crippen LogP contribution in [0.15, 0.2) is 16.5 Å². The Hall–Kier alpha value is -1.33. The van der Waals surface area contributed by atoms with Crippen LogP contribution >= 0.6 is 0 Å². The summed E-state index contributed by atoms with van der Waals surface area (Å²) in [6, 6.07) is 4.13. The molecule has 5 heteroatoms. The van der Waals surface area contributed by atoms with Gasteiger partial charge in [0.05, 0.1) is 6.54 Å². The van der Waals surface area contributed by atoms with Crippen molar-refractivity contribution >= 4 is 5.91 Å². The molecule has 0 bridgehead atoms. The molecule has 0 saturated heterocycles. The maximum Gasteiger partial charge on any atom is 0.300 e. The highest BCUT2D eigenvalue weighted by Crippen LogP contribution is 2.23. The average Bonchev–Trinajstić information content (AvgIpc) is 2.98. The molecule has 0 radical (unpaired) electrons. The van der Waals surface area contributed by atoms with Crippen molar-refractivity contribution in [3.63, 3.8) is 0 Å². The van der Waals surface area contributed by atoms with Gasteiger partial charge < -0.3 is 4.42 Å². The van der Waals surface area contributed by atoms with Crippen molar-refractivity contribution in [2.24, 2.45) is 5.84 Å². The highest BCUT2D eigenvalue weighted by molar-refractivity contribution is 5.90. The molecule has 0 spiro atoms.